The van der Waals surface area contributed by atoms with Crippen molar-refractivity contribution in [3.05, 3.63) is 88.7 Å². The molecule has 59 heavy (non-hydrogen) atoms. The Labute approximate surface area is 347 Å². The predicted molar refractivity (Wildman–Crippen MR) is 227 cm³/mol. The van der Waals surface area contributed by atoms with Gasteiger partial charge in [-0.05, 0) is 61.6 Å². The average Bonchev–Trinajstić information content (AvgIpc) is 3.43. The number of carbonyl (C=O) groups is 3. The fraction of sp³-hybridized carbons (Fsp3) is 0.463. The summed E-state index contributed by atoms with van der Waals surface area (Å²) in [6, 6.07) is 5.22. The van der Waals surface area contributed by atoms with E-state index in [0.29, 0.717) is 5.92 Å². The molecule has 3 atom stereocenters. The van der Waals surface area contributed by atoms with Crippen molar-refractivity contribution in [2.75, 3.05) is 37.6 Å². The lowest BCUT2D eigenvalue weighted by atomic mass is 9.80. The summed E-state index contributed by atoms with van der Waals surface area (Å²) in [7, 11) is -3.73. The van der Waals surface area contributed by atoms with Crippen molar-refractivity contribution in [3.63, 3.8) is 0 Å². The van der Waals surface area contributed by atoms with Crippen LogP contribution in [0.15, 0.2) is 66.4 Å². The second-order valence-corrected chi connectivity index (χ2v) is 19.3. The number of ether oxygens (including phenoxy) is 1. The number of nitrogens with two attached hydrogens (primary N) is 1. The monoisotopic (exact) mass is 857 g/mol. The Morgan fingerprint density at radius 3 is 2.12 bits per heavy atom. The van der Waals surface area contributed by atoms with Crippen LogP contribution in [0.5, 0.6) is 5.75 Å². The van der Waals surface area contributed by atoms with Crippen molar-refractivity contribution >= 4 is 55.0 Å². The Kier molecular flexibility index (Phi) is 14.1. The molecule has 0 saturated heterocycles. The lowest BCUT2D eigenvalue weighted by Crippen LogP contribution is -2.57. The van der Waals surface area contributed by atoms with Crippen LogP contribution in [-0.4, -0.2) is 105 Å². The first-order chi connectivity index (χ1) is 27.2. The van der Waals surface area contributed by atoms with Crippen LogP contribution in [0.1, 0.15) is 76.6 Å². The summed E-state index contributed by atoms with van der Waals surface area (Å²) in [5.74, 6) is -4.37. The zero-order chi connectivity index (χ0) is 44.4. The first-order valence-corrected chi connectivity index (χ1v) is 22.2. The molecule has 0 fully saturated rings. The third-order valence-corrected chi connectivity index (χ3v) is 12.3. The van der Waals surface area contributed by atoms with Gasteiger partial charge in [-0.2, -0.15) is 21.4 Å². The van der Waals surface area contributed by atoms with Crippen LogP contribution in [0.2, 0.25) is 0 Å². The maximum absolute atomic E-state index is 13.0. The summed E-state index contributed by atoms with van der Waals surface area (Å²) >= 11 is 0. The number of rotatable bonds is 16. The third kappa shape index (κ3) is 10.8. The van der Waals surface area contributed by atoms with Gasteiger partial charge in [-0.3, -0.25) is 23.5 Å². The van der Waals surface area contributed by atoms with Crippen molar-refractivity contribution in [2.24, 2.45) is 5.73 Å². The van der Waals surface area contributed by atoms with Gasteiger partial charge >= 0.3 is 0 Å². The molecule has 18 heteroatoms. The van der Waals surface area contributed by atoms with Crippen LogP contribution in [0.25, 0.3) is 0 Å². The quantitative estimate of drug-likeness (QED) is 0.0812. The van der Waals surface area contributed by atoms with E-state index in [1.54, 1.807) is 7.11 Å². The van der Waals surface area contributed by atoms with Gasteiger partial charge in [-0.15, -0.1) is 0 Å². The van der Waals surface area contributed by atoms with E-state index in [1.807, 2.05) is 48.8 Å². The molecule has 2 aliphatic rings. The molecule has 4 rings (SSSR count). The number of allylic oxidation sites excluding steroid dienone is 6. The summed E-state index contributed by atoms with van der Waals surface area (Å²) in [6.07, 6.45) is 10.3. The van der Waals surface area contributed by atoms with E-state index in [2.05, 4.69) is 93.0 Å². The molecule has 322 valence electrons. The van der Waals surface area contributed by atoms with E-state index in [4.69, 9.17) is 15.0 Å². The van der Waals surface area contributed by atoms with Gasteiger partial charge in [0.15, 0.2) is 5.71 Å². The molecule has 7 N–H and O–H groups in total. The highest BCUT2D eigenvalue weighted by atomic mass is 32.2. The van der Waals surface area contributed by atoms with Crippen LogP contribution in [0, 0.1) is 0 Å². The molecule has 0 aromatic heterocycles. The molecule has 0 bridgehead atoms. The molecular formula is C41H57N6O10S2+. The van der Waals surface area contributed by atoms with E-state index >= 15 is 0 Å². The Hall–Kier alpha value is -4.88. The highest BCUT2D eigenvalue weighted by molar-refractivity contribution is 7.86. The normalized spacial score (nSPS) is 18.3. The smallest absolute Gasteiger partial charge is 0.267 e. The summed E-state index contributed by atoms with van der Waals surface area (Å²) in [5.41, 5.74) is 13.5. The van der Waals surface area contributed by atoms with Crippen LogP contribution >= 0.6 is 0 Å². The van der Waals surface area contributed by atoms with Gasteiger partial charge in [0.2, 0.25) is 23.4 Å². The van der Waals surface area contributed by atoms with Crippen molar-refractivity contribution < 1.29 is 49.6 Å². The zero-order valence-corrected chi connectivity index (χ0v) is 36.8. The van der Waals surface area contributed by atoms with E-state index in [1.165, 1.54) is 23.7 Å². The first-order valence-electron chi connectivity index (χ1n) is 19.0. The van der Waals surface area contributed by atoms with Crippen molar-refractivity contribution in [1.29, 1.82) is 0 Å². The molecule has 2 aliphatic heterocycles. The molecule has 0 spiro atoms. The maximum Gasteiger partial charge on any atom is 0.267 e. The van der Waals surface area contributed by atoms with Crippen molar-refractivity contribution in [1.82, 2.24) is 16.0 Å². The van der Waals surface area contributed by atoms with Gasteiger partial charge in [0.25, 0.3) is 20.2 Å². The van der Waals surface area contributed by atoms with Crippen LogP contribution < -0.4 is 31.3 Å². The highest BCUT2D eigenvalue weighted by Crippen LogP contribution is 2.50. The first kappa shape index (κ1) is 46.8. The topological polar surface area (TPSA) is 238 Å². The molecule has 2 aromatic rings. The Morgan fingerprint density at radius 2 is 1.53 bits per heavy atom. The van der Waals surface area contributed by atoms with E-state index in [-0.39, 0.29) is 12.0 Å². The van der Waals surface area contributed by atoms with Gasteiger partial charge in [-0.25, -0.2) is 0 Å². The molecule has 3 unspecified atom stereocenters. The lowest BCUT2D eigenvalue weighted by molar-refractivity contribution is -0.401. The lowest BCUT2D eigenvalue weighted by Gasteiger charge is -2.24. The number of anilines is 1. The number of carbonyl (C=O) groups excluding carboxylic acids is 3. The van der Waals surface area contributed by atoms with Crippen LogP contribution in [0.4, 0.5) is 11.4 Å². The highest BCUT2D eigenvalue weighted by Gasteiger charge is 2.43. The molecule has 16 nitrogen and oxygen atoms in total. The summed E-state index contributed by atoms with van der Waals surface area (Å²) in [4.78, 5) is 40.5. The summed E-state index contributed by atoms with van der Waals surface area (Å²) in [5, 5.41) is 6.95. The Morgan fingerprint density at radius 1 is 0.881 bits per heavy atom. The van der Waals surface area contributed by atoms with Gasteiger partial charge in [0.1, 0.15) is 36.7 Å². The van der Waals surface area contributed by atoms with Crippen molar-refractivity contribution in [2.45, 2.75) is 89.9 Å². The Bertz CT molecular complexity index is 2350. The minimum absolute atomic E-state index is 0.0879. The molecule has 0 aliphatic carbocycles. The second kappa shape index (κ2) is 17.8. The number of amides is 3. The largest absolute Gasteiger partial charge is 0.496 e. The number of hydrogen-bond acceptors (Lipinski definition) is 10. The second-order valence-electron chi connectivity index (χ2n) is 16.3. The van der Waals surface area contributed by atoms with Gasteiger partial charge < -0.3 is 31.3 Å². The number of hydrogen-bond donors (Lipinski definition) is 6. The minimum atomic E-state index is -4.83. The van der Waals surface area contributed by atoms with Crippen LogP contribution in [-0.2, 0) is 52.0 Å². The zero-order valence-electron chi connectivity index (χ0n) is 35.2. The Balaban J connectivity index is 1.41. The third-order valence-electron chi connectivity index (χ3n) is 10.8. The van der Waals surface area contributed by atoms with Gasteiger partial charge in [0, 0.05) is 54.2 Å². The van der Waals surface area contributed by atoms with Gasteiger partial charge in [-0.1, -0.05) is 52.0 Å². The number of nitrogens with one attached hydrogen (secondary N) is 3. The number of methoxy groups -OCH3 is 1. The standard InChI is InChI=1S/C41H56N6O10S2/c1-24(2)27-19-29-33(20-34(27)57-10)47(9)36(41(29,6)7)15-13-11-12-14-35-40(4,5)28-18-26(16-17-32(28)46(35)8)21-43-37(48)25(3)44-39(50)31(23-59(54,55)56)45-38(49)30(42)22-58(51,52)53/h11-20,24-25,30-31H,21-23,42H2,1-10H3,(H4-,43,44,45,48,49,50,51,52,53,54,55,56)/p+1. The number of nitrogens with zero attached hydrogens (tertiary/aromatic N) is 2. The van der Waals surface area contributed by atoms with Gasteiger partial charge in [0.05, 0.1) is 18.3 Å². The number of fused-ring (bicyclic) bond motifs is 2. The number of benzene rings is 2. The molecule has 3 amide bonds. The molecule has 0 saturated carbocycles. The summed E-state index contributed by atoms with van der Waals surface area (Å²) in [6.45, 7) is 14.5. The molecular weight excluding hydrogens is 801 g/mol. The van der Waals surface area contributed by atoms with E-state index in [9.17, 15) is 35.8 Å². The average molecular weight is 858 g/mol. The fourth-order valence-corrected chi connectivity index (χ4v) is 8.81. The van der Waals surface area contributed by atoms with E-state index in [0.717, 1.165) is 34.0 Å². The molecule has 0 radical (unpaired) electrons. The molecule has 2 heterocycles. The number of likely N-dealkylation sites (N-methyl/N-ethyl adjacent to an activating group) is 1. The maximum atomic E-state index is 13.0. The van der Waals surface area contributed by atoms with E-state index < -0.39 is 73.0 Å². The fourth-order valence-electron chi connectivity index (χ4n) is 7.55. The SMILES string of the molecule is COc1cc2c(cc1C(C)C)C(C)(C)\C(=C/C=C/C=C/C1=[N+](C)c3ccc(CNC(=O)C(C)NC(=O)C(CS(=O)(=O)O)NC(=O)C(N)CS(=O)(=O)O)cc3C1(C)C)N2C. The minimum Gasteiger partial charge on any atom is -0.496 e. The van der Waals surface area contributed by atoms with Crippen molar-refractivity contribution in [3.8, 4) is 5.75 Å². The summed E-state index contributed by atoms with van der Waals surface area (Å²) < 4.78 is 71.4. The molecule has 2 aromatic carbocycles. The predicted octanol–water partition coefficient (Wildman–Crippen LogP) is 2.96. The van der Waals surface area contributed by atoms with Crippen LogP contribution in [0.3, 0.4) is 0 Å².